The topological polar surface area (TPSA) is 37.8 Å². The maximum atomic E-state index is 11.9. The van der Waals surface area contributed by atoms with Gasteiger partial charge in [0.2, 0.25) is 0 Å². The molecule has 2 aromatic rings. The number of H-pyrrole nitrogens is 1. The van der Waals surface area contributed by atoms with Crippen LogP contribution in [0.1, 0.15) is 32.0 Å². The first kappa shape index (κ1) is 9.70. The highest BCUT2D eigenvalue weighted by molar-refractivity contribution is 5.79. The van der Waals surface area contributed by atoms with Gasteiger partial charge in [0.05, 0.1) is 0 Å². The summed E-state index contributed by atoms with van der Waals surface area (Å²) in [5.74, 6) is 0. The smallest absolute Gasteiger partial charge is 0.272 e. The van der Waals surface area contributed by atoms with E-state index in [2.05, 4.69) is 23.4 Å². The fraction of sp³-hybridized carbons (Fsp3) is 0.462. The Morgan fingerprint density at radius 2 is 2.19 bits per heavy atom. The highest BCUT2D eigenvalue weighted by Crippen LogP contribution is 2.56. The predicted octanol–water partition coefficient (Wildman–Crippen LogP) is 2.61. The van der Waals surface area contributed by atoms with Gasteiger partial charge in [-0.25, -0.2) is 0 Å². The Morgan fingerprint density at radius 3 is 2.81 bits per heavy atom. The number of aromatic amines is 1. The fourth-order valence-electron chi connectivity index (χ4n) is 2.51. The molecule has 1 N–H and O–H groups in total. The zero-order valence-corrected chi connectivity index (χ0v) is 9.87. The second kappa shape index (κ2) is 2.78. The molecule has 0 saturated heterocycles. The van der Waals surface area contributed by atoms with Gasteiger partial charge in [-0.1, -0.05) is 13.8 Å². The van der Waals surface area contributed by atoms with Gasteiger partial charge in [0.15, 0.2) is 0 Å². The molecule has 16 heavy (non-hydrogen) atoms. The third-order valence-electron chi connectivity index (χ3n) is 3.64. The molecule has 2 aromatic heterocycles. The van der Waals surface area contributed by atoms with E-state index in [-0.39, 0.29) is 5.56 Å². The molecule has 3 heteroatoms. The first-order chi connectivity index (χ1) is 7.49. The van der Waals surface area contributed by atoms with Crippen molar-refractivity contribution < 1.29 is 0 Å². The third kappa shape index (κ3) is 1.24. The highest BCUT2D eigenvalue weighted by Gasteiger charge is 2.47. The predicted molar refractivity (Wildman–Crippen MR) is 64.7 cm³/mol. The molecular weight excluding hydrogens is 200 g/mol. The van der Waals surface area contributed by atoms with E-state index in [1.165, 1.54) is 0 Å². The monoisotopic (exact) mass is 216 g/mol. The van der Waals surface area contributed by atoms with Crippen LogP contribution in [-0.2, 0) is 0 Å². The van der Waals surface area contributed by atoms with Crippen LogP contribution in [0, 0.1) is 12.3 Å². The van der Waals surface area contributed by atoms with Crippen LogP contribution < -0.4 is 5.56 Å². The maximum absolute atomic E-state index is 11.9. The first-order valence-electron chi connectivity index (χ1n) is 5.69. The average molecular weight is 216 g/mol. The summed E-state index contributed by atoms with van der Waals surface area (Å²) < 4.78 is 2.13. The van der Waals surface area contributed by atoms with E-state index in [4.69, 9.17) is 0 Å². The molecule has 0 radical (unpaired) electrons. The van der Waals surface area contributed by atoms with E-state index >= 15 is 0 Å². The largest absolute Gasteiger partial charge is 0.339 e. The summed E-state index contributed by atoms with van der Waals surface area (Å²) in [5.41, 5.74) is 2.11. The number of hydrogen-bond acceptors (Lipinski definition) is 1. The van der Waals surface area contributed by atoms with Crippen LogP contribution in [0.15, 0.2) is 23.1 Å². The van der Waals surface area contributed by atoms with Gasteiger partial charge >= 0.3 is 0 Å². The molecule has 0 aliphatic heterocycles. The zero-order chi connectivity index (χ0) is 11.5. The standard InChI is InChI=1S/C13H16N2O/c1-8-6-9-4-5-15(10-7-13(10,2)3)11(9)12(16)14-8/h4-6,10H,7H2,1-3H3,(H,14,16). The van der Waals surface area contributed by atoms with E-state index in [1.54, 1.807) is 0 Å². The summed E-state index contributed by atoms with van der Waals surface area (Å²) in [7, 11) is 0. The summed E-state index contributed by atoms with van der Waals surface area (Å²) in [6.45, 7) is 6.40. The van der Waals surface area contributed by atoms with Gasteiger partial charge in [-0.05, 0) is 30.9 Å². The summed E-state index contributed by atoms with van der Waals surface area (Å²) in [5, 5.41) is 1.05. The van der Waals surface area contributed by atoms with Crippen molar-refractivity contribution >= 4 is 10.9 Å². The molecule has 3 rings (SSSR count). The average Bonchev–Trinajstić information content (AvgIpc) is 2.63. The molecule has 1 aliphatic carbocycles. The molecule has 1 saturated carbocycles. The number of aromatic nitrogens is 2. The van der Waals surface area contributed by atoms with Crippen LogP contribution in [0.4, 0.5) is 0 Å². The van der Waals surface area contributed by atoms with Gasteiger partial charge in [-0.3, -0.25) is 4.79 Å². The number of hydrogen-bond donors (Lipinski definition) is 1. The fourth-order valence-corrected chi connectivity index (χ4v) is 2.51. The number of nitrogens with one attached hydrogen (secondary N) is 1. The van der Waals surface area contributed by atoms with Gasteiger partial charge in [-0.2, -0.15) is 0 Å². The van der Waals surface area contributed by atoms with Crippen LogP contribution in [0.25, 0.3) is 10.9 Å². The van der Waals surface area contributed by atoms with E-state index < -0.39 is 0 Å². The van der Waals surface area contributed by atoms with E-state index in [0.717, 1.165) is 23.0 Å². The zero-order valence-electron chi connectivity index (χ0n) is 9.87. The third-order valence-corrected chi connectivity index (χ3v) is 3.64. The highest BCUT2D eigenvalue weighted by atomic mass is 16.1. The lowest BCUT2D eigenvalue weighted by Gasteiger charge is -2.06. The molecule has 0 bridgehead atoms. The second-order valence-electron chi connectivity index (χ2n) is 5.52. The van der Waals surface area contributed by atoms with Crippen LogP contribution in [0.2, 0.25) is 0 Å². The van der Waals surface area contributed by atoms with Gasteiger partial charge in [0.1, 0.15) is 5.52 Å². The second-order valence-corrected chi connectivity index (χ2v) is 5.52. The number of aryl methyl sites for hydroxylation is 1. The summed E-state index contributed by atoms with van der Waals surface area (Å²) in [6, 6.07) is 4.54. The SMILES string of the molecule is Cc1cc2ccn(C3CC3(C)C)c2c(=O)[nH]1. The molecule has 0 amide bonds. The number of fused-ring (bicyclic) bond motifs is 1. The molecular formula is C13H16N2O. The number of pyridine rings is 1. The van der Waals surface area contributed by atoms with Crippen LogP contribution in [0.5, 0.6) is 0 Å². The van der Waals surface area contributed by atoms with Gasteiger partial charge < -0.3 is 9.55 Å². The maximum Gasteiger partial charge on any atom is 0.272 e. The lowest BCUT2D eigenvalue weighted by Crippen LogP contribution is -2.12. The lowest BCUT2D eigenvalue weighted by atomic mass is 10.2. The minimum atomic E-state index is 0.0303. The van der Waals surface area contributed by atoms with Gasteiger partial charge in [0.25, 0.3) is 5.56 Å². The molecule has 3 nitrogen and oxygen atoms in total. The molecule has 1 atom stereocenters. The van der Waals surface area contributed by atoms with Crippen LogP contribution >= 0.6 is 0 Å². The van der Waals surface area contributed by atoms with Crippen LogP contribution in [-0.4, -0.2) is 9.55 Å². The van der Waals surface area contributed by atoms with Crippen molar-refractivity contribution in [2.24, 2.45) is 5.41 Å². The van der Waals surface area contributed by atoms with E-state index in [0.29, 0.717) is 11.5 Å². The summed E-state index contributed by atoms with van der Waals surface area (Å²) in [6.07, 6.45) is 3.20. The van der Waals surface area contributed by atoms with E-state index in [1.807, 2.05) is 25.3 Å². The Hall–Kier alpha value is -1.51. The number of nitrogens with zero attached hydrogens (tertiary/aromatic N) is 1. The minimum absolute atomic E-state index is 0.0303. The minimum Gasteiger partial charge on any atom is -0.339 e. The molecule has 1 aliphatic rings. The molecule has 84 valence electrons. The molecule has 1 fully saturated rings. The van der Waals surface area contributed by atoms with Crippen molar-refractivity contribution in [3.8, 4) is 0 Å². The summed E-state index contributed by atoms with van der Waals surface area (Å²) >= 11 is 0. The Labute approximate surface area is 94.1 Å². The molecule has 1 unspecified atom stereocenters. The molecule has 0 aromatic carbocycles. The number of rotatable bonds is 1. The Bertz CT molecular complexity index is 618. The Balaban J connectivity index is 2.25. The van der Waals surface area contributed by atoms with Gasteiger partial charge in [-0.15, -0.1) is 0 Å². The van der Waals surface area contributed by atoms with Crippen LogP contribution in [0.3, 0.4) is 0 Å². The van der Waals surface area contributed by atoms with Crippen molar-refractivity contribution in [3.63, 3.8) is 0 Å². The van der Waals surface area contributed by atoms with Crippen molar-refractivity contribution in [1.82, 2.24) is 9.55 Å². The Morgan fingerprint density at radius 1 is 1.50 bits per heavy atom. The van der Waals surface area contributed by atoms with Crippen molar-refractivity contribution in [3.05, 3.63) is 34.4 Å². The Kier molecular flexibility index (Phi) is 1.69. The molecule has 0 spiro atoms. The lowest BCUT2D eigenvalue weighted by molar-refractivity contribution is 0.550. The molecule has 2 heterocycles. The van der Waals surface area contributed by atoms with Crippen molar-refractivity contribution in [2.75, 3.05) is 0 Å². The first-order valence-corrected chi connectivity index (χ1v) is 5.69. The van der Waals surface area contributed by atoms with Gasteiger partial charge in [0, 0.05) is 23.3 Å². The van der Waals surface area contributed by atoms with E-state index in [9.17, 15) is 4.79 Å². The summed E-state index contributed by atoms with van der Waals surface area (Å²) in [4.78, 5) is 14.8. The van der Waals surface area contributed by atoms with Crippen molar-refractivity contribution in [1.29, 1.82) is 0 Å². The normalized spacial score (nSPS) is 22.6. The quantitative estimate of drug-likeness (QED) is 0.781. The van der Waals surface area contributed by atoms with Crippen molar-refractivity contribution in [2.45, 2.75) is 33.2 Å².